The highest BCUT2D eigenvalue weighted by Crippen LogP contribution is 2.45. The first kappa shape index (κ1) is 13.2. The van der Waals surface area contributed by atoms with Gasteiger partial charge in [-0.2, -0.15) is 0 Å². The minimum Gasteiger partial charge on any atom is -0.374 e. The lowest BCUT2D eigenvalue weighted by Crippen LogP contribution is -2.28. The Hall–Kier alpha value is -0.190. The molecule has 1 aliphatic rings. The fraction of sp³-hybridized carbons (Fsp3) is 0.500. The molecule has 2 unspecified atom stereocenters. The number of ether oxygens (including phenoxy) is 1. The van der Waals surface area contributed by atoms with Gasteiger partial charge in [0.05, 0.1) is 10.4 Å². The molecule has 5 heteroatoms. The van der Waals surface area contributed by atoms with Crippen LogP contribution in [0.25, 0.3) is 0 Å². The minimum absolute atomic E-state index is 0.211. The molecule has 0 amide bonds. The summed E-state index contributed by atoms with van der Waals surface area (Å²) in [5, 5.41) is 0.211. The van der Waals surface area contributed by atoms with Gasteiger partial charge in [0.2, 0.25) is 0 Å². The van der Waals surface area contributed by atoms with Crippen LogP contribution in [0.5, 0.6) is 0 Å². The third-order valence-electron chi connectivity index (χ3n) is 3.10. The molecule has 0 spiro atoms. The maximum absolute atomic E-state index is 13.2. The molecule has 1 heterocycles. The number of halogens is 4. The van der Waals surface area contributed by atoms with Crippen molar-refractivity contribution in [2.75, 3.05) is 6.61 Å². The molecule has 94 valence electrons. The van der Waals surface area contributed by atoms with Gasteiger partial charge in [0, 0.05) is 11.6 Å². The van der Waals surface area contributed by atoms with Crippen molar-refractivity contribution in [2.45, 2.75) is 30.2 Å². The second-order valence-corrected chi connectivity index (χ2v) is 5.74. The molecule has 1 fully saturated rings. The lowest BCUT2D eigenvalue weighted by molar-refractivity contribution is 0.0197. The van der Waals surface area contributed by atoms with Crippen molar-refractivity contribution in [3.05, 3.63) is 34.4 Å². The normalized spacial score (nSPS) is 26.2. The van der Waals surface area contributed by atoms with Crippen molar-refractivity contribution < 1.29 is 13.5 Å². The van der Waals surface area contributed by atoms with Crippen LogP contribution in [0.2, 0.25) is 5.02 Å². The van der Waals surface area contributed by atoms with E-state index in [1.165, 1.54) is 0 Å². The first-order valence-corrected chi connectivity index (χ1v) is 6.66. The van der Waals surface area contributed by atoms with E-state index < -0.39 is 17.2 Å². The Kier molecular flexibility index (Phi) is 3.76. The second kappa shape index (κ2) is 4.82. The van der Waals surface area contributed by atoms with Gasteiger partial charge in [-0.05, 0) is 37.5 Å². The number of rotatable bonds is 2. The van der Waals surface area contributed by atoms with Crippen molar-refractivity contribution in [1.82, 2.24) is 0 Å². The predicted octanol–water partition coefficient (Wildman–Crippen LogP) is 4.62. The lowest BCUT2D eigenvalue weighted by Gasteiger charge is -2.30. The third kappa shape index (κ3) is 2.49. The van der Waals surface area contributed by atoms with Crippen molar-refractivity contribution >= 4 is 27.5 Å². The van der Waals surface area contributed by atoms with Crippen molar-refractivity contribution in [3.63, 3.8) is 0 Å². The van der Waals surface area contributed by atoms with Gasteiger partial charge in [0.1, 0.15) is 0 Å². The predicted molar refractivity (Wildman–Crippen MR) is 66.6 cm³/mol. The fourth-order valence-electron chi connectivity index (χ4n) is 2.06. The van der Waals surface area contributed by atoms with E-state index in [9.17, 15) is 8.78 Å². The number of hydrogen-bond donors (Lipinski definition) is 0. The Labute approximate surface area is 112 Å². The van der Waals surface area contributed by atoms with E-state index in [-0.39, 0.29) is 9.85 Å². The zero-order valence-corrected chi connectivity index (χ0v) is 11.6. The Balaban J connectivity index is 2.36. The number of hydrogen-bond acceptors (Lipinski definition) is 1. The maximum atomic E-state index is 13.2. The molecule has 0 bridgehead atoms. The number of alkyl halides is 1. The molecule has 2 rings (SSSR count). The van der Waals surface area contributed by atoms with Crippen molar-refractivity contribution in [2.24, 2.45) is 0 Å². The van der Waals surface area contributed by atoms with Gasteiger partial charge >= 0.3 is 0 Å². The van der Waals surface area contributed by atoms with E-state index in [2.05, 4.69) is 15.9 Å². The summed E-state index contributed by atoms with van der Waals surface area (Å²) in [6.07, 6.45) is 1.82. The molecule has 0 aromatic heterocycles. The summed E-state index contributed by atoms with van der Waals surface area (Å²) in [7, 11) is 0. The van der Waals surface area contributed by atoms with Crippen LogP contribution in [-0.2, 0) is 4.74 Å². The Bertz CT molecular complexity index is 433. The van der Waals surface area contributed by atoms with Gasteiger partial charge in [0.15, 0.2) is 11.6 Å². The molecule has 1 aromatic carbocycles. The molecule has 1 nitrogen and oxygen atoms in total. The van der Waals surface area contributed by atoms with E-state index >= 15 is 0 Å². The van der Waals surface area contributed by atoms with Crippen LogP contribution in [0, 0.1) is 11.6 Å². The summed E-state index contributed by atoms with van der Waals surface area (Å²) in [6.45, 7) is 2.62. The van der Waals surface area contributed by atoms with E-state index in [1.807, 2.05) is 6.92 Å². The second-order valence-electron chi connectivity index (χ2n) is 4.42. The van der Waals surface area contributed by atoms with Crippen LogP contribution in [0.4, 0.5) is 8.78 Å². The quantitative estimate of drug-likeness (QED) is 0.569. The summed E-state index contributed by atoms with van der Waals surface area (Å²) in [4.78, 5) is -0.250. The molecule has 2 atom stereocenters. The zero-order valence-electron chi connectivity index (χ0n) is 9.27. The molecule has 0 saturated carbocycles. The highest BCUT2D eigenvalue weighted by Gasteiger charge is 2.39. The van der Waals surface area contributed by atoms with Crippen molar-refractivity contribution in [3.8, 4) is 0 Å². The summed E-state index contributed by atoms with van der Waals surface area (Å²) < 4.78 is 31.9. The van der Waals surface area contributed by atoms with Gasteiger partial charge in [0.25, 0.3) is 0 Å². The molecule has 0 radical (unpaired) electrons. The molecule has 1 aromatic rings. The van der Waals surface area contributed by atoms with Gasteiger partial charge in [-0.25, -0.2) is 8.78 Å². The van der Waals surface area contributed by atoms with Crippen LogP contribution in [0.15, 0.2) is 12.1 Å². The Morgan fingerprint density at radius 1 is 1.41 bits per heavy atom. The first-order chi connectivity index (χ1) is 7.94. The first-order valence-electron chi connectivity index (χ1n) is 5.36. The van der Waals surface area contributed by atoms with Crippen LogP contribution >= 0.6 is 27.5 Å². The monoisotopic (exact) mass is 324 g/mol. The minimum atomic E-state index is -0.934. The van der Waals surface area contributed by atoms with Crippen LogP contribution in [0.3, 0.4) is 0 Å². The molecule has 1 saturated heterocycles. The highest BCUT2D eigenvalue weighted by molar-refractivity contribution is 9.09. The van der Waals surface area contributed by atoms with E-state index in [4.69, 9.17) is 16.3 Å². The van der Waals surface area contributed by atoms with Crippen LogP contribution in [0.1, 0.15) is 30.2 Å². The molecular weight excluding hydrogens is 313 g/mol. The molecule has 0 N–H and O–H groups in total. The van der Waals surface area contributed by atoms with Crippen molar-refractivity contribution in [1.29, 1.82) is 0 Å². The van der Waals surface area contributed by atoms with Gasteiger partial charge in [-0.15, -0.1) is 0 Å². The Morgan fingerprint density at radius 3 is 2.65 bits per heavy atom. The summed E-state index contributed by atoms with van der Waals surface area (Å²) >= 11 is 9.42. The zero-order chi connectivity index (χ0) is 12.6. The van der Waals surface area contributed by atoms with Gasteiger partial charge in [-0.3, -0.25) is 0 Å². The van der Waals surface area contributed by atoms with Gasteiger partial charge < -0.3 is 4.74 Å². The van der Waals surface area contributed by atoms with E-state index in [1.54, 1.807) is 0 Å². The average Bonchev–Trinajstić information content (AvgIpc) is 2.71. The standard InChI is InChI=1S/C12H12BrClF2O/c1-12(3-2-4-17-12)11(13)7-5-9(15)10(16)6-8(7)14/h5-6,11H,2-4H2,1H3. The summed E-state index contributed by atoms with van der Waals surface area (Å²) in [5.41, 5.74) is 0.100. The highest BCUT2D eigenvalue weighted by atomic mass is 79.9. The molecule has 0 aliphatic carbocycles. The largest absolute Gasteiger partial charge is 0.374 e. The molecule has 17 heavy (non-hydrogen) atoms. The molecule has 1 aliphatic heterocycles. The average molecular weight is 326 g/mol. The number of benzene rings is 1. The van der Waals surface area contributed by atoms with Crippen LogP contribution < -0.4 is 0 Å². The fourth-order valence-corrected chi connectivity index (χ4v) is 3.19. The smallest absolute Gasteiger partial charge is 0.160 e. The summed E-state index contributed by atoms with van der Waals surface area (Å²) in [5.74, 6) is -1.83. The third-order valence-corrected chi connectivity index (χ3v) is 4.89. The molecular formula is C12H12BrClF2O. The van der Waals surface area contributed by atoms with E-state index in [0.29, 0.717) is 12.2 Å². The maximum Gasteiger partial charge on any atom is 0.160 e. The summed E-state index contributed by atoms with van der Waals surface area (Å²) in [6, 6.07) is 2.13. The van der Waals surface area contributed by atoms with Gasteiger partial charge in [-0.1, -0.05) is 27.5 Å². The topological polar surface area (TPSA) is 9.23 Å². The lowest BCUT2D eigenvalue weighted by atomic mass is 9.93. The SMILES string of the molecule is CC1(C(Br)c2cc(F)c(F)cc2Cl)CCCO1. The van der Waals surface area contributed by atoms with E-state index in [0.717, 1.165) is 25.0 Å². The van der Waals surface area contributed by atoms with Crippen LogP contribution in [-0.4, -0.2) is 12.2 Å². The Morgan fingerprint density at radius 2 is 2.06 bits per heavy atom.